The van der Waals surface area contributed by atoms with Crippen LogP contribution in [0.5, 0.6) is 0 Å². The fourth-order valence-corrected chi connectivity index (χ4v) is 5.76. The van der Waals surface area contributed by atoms with Gasteiger partial charge in [-0.15, -0.1) is 0 Å². The molecule has 0 spiro atoms. The van der Waals surface area contributed by atoms with Gasteiger partial charge in [-0.25, -0.2) is 0 Å². The lowest BCUT2D eigenvalue weighted by atomic mass is 10.1. The third-order valence-electron chi connectivity index (χ3n) is 4.18. The van der Waals surface area contributed by atoms with Crippen LogP contribution in [0, 0.1) is 0 Å². The maximum absolute atomic E-state index is 13.1. The second-order valence-corrected chi connectivity index (χ2v) is 10.6. The van der Waals surface area contributed by atoms with E-state index in [9.17, 15) is 13.2 Å². The van der Waals surface area contributed by atoms with Crippen molar-refractivity contribution in [2.75, 3.05) is 4.90 Å². The van der Waals surface area contributed by atoms with Crippen LogP contribution in [0.15, 0.2) is 83.5 Å². The van der Waals surface area contributed by atoms with Crippen LogP contribution in [0.2, 0.25) is 0 Å². The summed E-state index contributed by atoms with van der Waals surface area (Å²) in [5.41, 5.74) is 1.40. The summed E-state index contributed by atoms with van der Waals surface area (Å²) in [6.07, 6.45) is -4.50. The van der Waals surface area contributed by atoms with Gasteiger partial charge in [0.2, 0.25) is 0 Å². The highest BCUT2D eigenvalue weighted by Crippen LogP contribution is 2.46. The molecular formula is C21H11Br5F3N. The smallest absolute Gasteiger partial charge is 0.307 e. The monoisotopic (exact) mass is 729 g/mol. The van der Waals surface area contributed by atoms with Gasteiger partial charge in [-0.2, -0.15) is 13.2 Å². The molecule has 156 valence electrons. The number of anilines is 3. The van der Waals surface area contributed by atoms with Crippen molar-refractivity contribution in [3.8, 4) is 0 Å². The molecule has 0 bridgehead atoms. The van der Waals surface area contributed by atoms with Gasteiger partial charge in [0, 0.05) is 22.4 Å². The van der Waals surface area contributed by atoms with E-state index < -0.39 is 11.7 Å². The van der Waals surface area contributed by atoms with Crippen LogP contribution >= 0.6 is 79.6 Å². The van der Waals surface area contributed by atoms with Crippen molar-refractivity contribution in [2.45, 2.75) is 6.18 Å². The average molecular weight is 734 g/mol. The summed E-state index contributed by atoms with van der Waals surface area (Å²) in [6.45, 7) is 3.19. The maximum Gasteiger partial charge on any atom is 0.416 e. The second-order valence-electron chi connectivity index (χ2n) is 6.17. The molecule has 0 unspecified atom stereocenters. The molecule has 0 N–H and O–H groups in total. The molecule has 0 radical (unpaired) electrons. The molecule has 0 amide bonds. The first-order valence-corrected chi connectivity index (χ1v) is 12.2. The first-order chi connectivity index (χ1) is 14.0. The first kappa shape index (κ1) is 24.0. The molecule has 0 heterocycles. The largest absolute Gasteiger partial charge is 0.416 e. The van der Waals surface area contributed by atoms with Gasteiger partial charge < -0.3 is 4.90 Å². The number of alkyl halides is 3. The predicted octanol–water partition coefficient (Wildman–Crippen LogP) is 10.5. The zero-order valence-electron chi connectivity index (χ0n) is 14.9. The van der Waals surface area contributed by atoms with Gasteiger partial charge in [0.15, 0.2) is 0 Å². The number of hydrogen-bond donors (Lipinski definition) is 0. The van der Waals surface area contributed by atoms with Crippen LogP contribution < -0.4 is 4.90 Å². The summed E-state index contributed by atoms with van der Waals surface area (Å²) < 4.78 is 43.2. The summed E-state index contributed by atoms with van der Waals surface area (Å²) in [5, 5.41) is 0. The number of halogens is 8. The molecule has 0 aliphatic heterocycles. The minimum Gasteiger partial charge on any atom is -0.307 e. The quantitative estimate of drug-likeness (QED) is 0.258. The first-order valence-electron chi connectivity index (χ1n) is 8.25. The van der Waals surface area contributed by atoms with E-state index in [-0.39, 0.29) is 5.56 Å². The number of rotatable bonds is 4. The van der Waals surface area contributed by atoms with Crippen molar-refractivity contribution in [3.05, 3.63) is 89.1 Å². The molecule has 30 heavy (non-hydrogen) atoms. The molecule has 3 aromatic carbocycles. The highest BCUT2D eigenvalue weighted by Gasteiger charge is 2.33. The number of allylic oxidation sites excluding steroid dienone is 1. The van der Waals surface area contributed by atoms with Gasteiger partial charge in [0.1, 0.15) is 0 Å². The summed E-state index contributed by atoms with van der Waals surface area (Å²) in [6, 6.07) is 15.9. The summed E-state index contributed by atoms with van der Waals surface area (Å²) in [5.74, 6) is 0. The highest BCUT2D eigenvalue weighted by atomic mass is 79.9. The molecule has 0 aliphatic rings. The Balaban J connectivity index is 2.22. The van der Waals surface area contributed by atoms with E-state index in [1.807, 2.05) is 41.3 Å². The molecule has 0 aromatic heterocycles. The molecule has 9 heteroatoms. The van der Waals surface area contributed by atoms with Crippen molar-refractivity contribution in [1.82, 2.24) is 0 Å². The SMILES string of the molecule is C=C(c1ccc(N(c2ccc(Br)cc2Br)c2ccc(Br)cc2Br)c(Br)c1)C(F)(F)F. The lowest BCUT2D eigenvalue weighted by Gasteiger charge is -2.29. The molecular weight excluding hydrogens is 723 g/mol. The molecule has 0 aliphatic carbocycles. The minimum atomic E-state index is -4.50. The Morgan fingerprint density at radius 3 is 1.43 bits per heavy atom. The van der Waals surface area contributed by atoms with Gasteiger partial charge in [-0.3, -0.25) is 0 Å². The Labute approximate surface area is 214 Å². The zero-order chi connectivity index (χ0) is 22.2. The van der Waals surface area contributed by atoms with Crippen molar-refractivity contribution in [1.29, 1.82) is 0 Å². The number of hydrogen-bond acceptors (Lipinski definition) is 1. The van der Waals surface area contributed by atoms with Crippen molar-refractivity contribution in [2.24, 2.45) is 0 Å². The van der Waals surface area contributed by atoms with E-state index >= 15 is 0 Å². The highest BCUT2D eigenvalue weighted by molar-refractivity contribution is 9.11. The van der Waals surface area contributed by atoms with Gasteiger partial charge >= 0.3 is 6.18 Å². The van der Waals surface area contributed by atoms with Crippen LogP contribution in [0.4, 0.5) is 30.2 Å². The third kappa shape index (κ3) is 5.23. The second kappa shape index (κ2) is 9.48. The van der Waals surface area contributed by atoms with E-state index in [0.717, 1.165) is 29.3 Å². The Morgan fingerprint density at radius 1 is 0.667 bits per heavy atom. The topological polar surface area (TPSA) is 3.24 Å². The fourth-order valence-electron chi connectivity index (χ4n) is 2.75. The lowest BCUT2D eigenvalue weighted by Crippen LogP contribution is -2.13. The van der Waals surface area contributed by atoms with E-state index in [1.165, 1.54) is 12.1 Å². The minimum absolute atomic E-state index is 0.00261. The van der Waals surface area contributed by atoms with Gasteiger partial charge in [0.05, 0.1) is 22.6 Å². The standard InChI is InChI=1S/C21H11Br5F3N/c1-11(21(27,28)29)12-2-5-18(15(24)8-12)30(19-6-3-13(22)9-16(19)25)20-7-4-14(23)10-17(20)26/h2-10H,1H2. The van der Waals surface area contributed by atoms with Gasteiger partial charge in [-0.05, 0) is 102 Å². The zero-order valence-corrected chi connectivity index (χ0v) is 22.8. The van der Waals surface area contributed by atoms with Crippen LogP contribution in [0.1, 0.15) is 5.56 Å². The molecule has 0 atom stereocenters. The Hall–Kier alpha value is -0.610. The van der Waals surface area contributed by atoms with Gasteiger partial charge in [-0.1, -0.05) is 44.5 Å². The van der Waals surface area contributed by atoms with E-state index in [4.69, 9.17) is 0 Å². The number of nitrogens with zero attached hydrogens (tertiary/aromatic N) is 1. The van der Waals surface area contributed by atoms with Gasteiger partial charge in [0.25, 0.3) is 0 Å². The summed E-state index contributed by atoms with van der Waals surface area (Å²) in [7, 11) is 0. The lowest BCUT2D eigenvalue weighted by molar-refractivity contribution is -0.0686. The molecule has 0 saturated carbocycles. The molecule has 3 aromatic rings. The number of benzene rings is 3. The predicted molar refractivity (Wildman–Crippen MR) is 135 cm³/mol. The van der Waals surface area contributed by atoms with Crippen LogP contribution in [-0.2, 0) is 0 Å². The van der Waals surface area contributed by atoms with Crippen molar-refractivity contribution in [3.63, 3.8) is 0 Å². The van der Waals surface area contributed by atoms with E-state index in [0.29, 0.717) is 10.2 Å². The Bertz CT molecular complexity index is 1080. The Morgan fingerprint density at radius 2 is 1.07 bits per heavy atom. The molecule has 3 rings (SSSR count). The summed E-state index contributed by atoms with van der Waals surface area (Å²) in [4.78, 5) is 1.94. The third-order valence-corrected chi connectivity index (χ3v) is 7.07. The molecule has 0 fully saturated rings. The summed E-state index contributed by atoms with van der Waals surface area (Å²) >= 11 is 17.5. The molecule has 0 saturated heterocycles. The average Bonchev–Trinajstić information content (AvgIpc) is 2.64. The van der Waals surface area contributed by atoms with Crippen LogP contribution in [-0.4, -0.2) is 6.18 Å². The fraction of sp³-hybridized carbons (Fsp3) is 0.0476. The van der Waals surface area contributed by atoms with Crippen molar-refractivity contribution >= 4 is 102 Å². The maximum atomic E-state index is 13.1. The van der Waals surface area contributed by atoms with E-state index in [1.54, 1.807) is 6.07 Å². The van der Waals surface area contributed by atoms with E-state index in [2.05, 4.69) is 86.2 Å². The normalized spacial score (nSPS) is 11.5. The van der Waals surface area contributed by atoms with Crippen LogP contribution in [0.3, 0.4) is 0 Å². The van der Waals surface area contributed by atoms with Crippen LogP contribution in [0.25, 0.3) is 5.57 Å². The van der Waals surface area contributed by atoms with Crippen molar-refractivity contribution < 1.29 is 13.2 Å². The Kier molecular flexibility index (Phi) is 7.60. The molecule has 1 nitrogen and oxygen atoms in total.